The summed E-state index contributed by atoms with van der Waals surface area (Å²) in [6, 6.07) is 12.3. The van der Waals surface area contributed by atoms with Crippen LogP contribution in [0.15, 0.2) is 42.5 Å². The van der Waals surface area contributed by atoms with Gasteiger partial charge in [-0.2, -0.15) is 0 Å². The van der Waals surface area contributed by atoms with E-state index in [9.17, 15) is 4.79 Å². The molecule has 0 heterocycles. The molecule has 0 aliphatic heterocycles. The molecule has 1 amide bonds. The smallest absolute Gasteiger partial charge is 0.243 e. The van der Waals surface area contributed by atoms with Crippen LogP contribution in [-0.2, 0) is 4.79 Å². The van der Waals surface area contributed by atoms with Gasteiger partial charge in [0.1, 0.15) is 5.75 Å². The summed E-state index contributed by atoms with van der Waals surface area (Å²) in [4.78, 5) is 12.1. The summed E-state index contributed by atoms with van der Waals surface area (Å²) in [6.45, 7) is 3.93. The molecule has 0 saturated heterocycles. The van der Waals surface area contributed by atoms with E-state index < -0.39 is 0 Å². The number of amides is 1. The Bertz CT molecular complexity index is 690. The second-order valence-electron chi connectivity index (χ2n) is 5.19. The number of carbonyl (C=O) groups excluding carboxylic acids is 1. The van der Waals surface area contributed by atoms with Crippen LogP contribution in [0.1, 0.15) is 13.8 Å². The summed E-state index contributed by atoms with van der Waals surface area (Å²) in [5.41, 5.74) is 1.24. The molecule has 0 radical (unpaired) electrons. The minimum absolute atomic E-state index is 0.0245. The monoisotopic (exact) mass is 352 g/mol. The predicted octanol–water partition coefficient (Wildman–Crippen LogP) is 4.83. The number of anilines is 2. The zero-order chi connectivity index (χ0) is 16.8. The van der Waals surface area contributed by atoms with Gasteiger partial charge in [0, 0.05) is 5.02 Å². The minimum Gasteiger partial charge on any atom is -0.489 e. The first-order valence-electron chi connectivity index (χ1n) is 7.20. The lowest BCUT2D eigenvalue weighted by Crippen LogP contribution is -2.22. The molecule has 4 nitrogen and oxygen atoms in total. The van der Waals surface area contributed by atoms with Gasteiger partial charge in [0.05, 0.1) is 29.0 Å². The van der Waals surface area contributed by atoms with Crippen molar-refractivity contribution in [1.29, 1.82) is 0 Å². The van der Waals surface area contributed by atoms with E-state index in [1.165, 1.54) is 0 Å². The van der Waals surface area contributed by atoms with E-state index >= 15 is 0 Å². The molecule has 0 aromatic heterocycles. The van der Waals surface area contributed by atoms with E-state index in [0.29, 0.717) is 27.2 Å². The van der Waals surface area contributed by atoms with E-state index in [0.717, 1.165) is 0 Å². The molecule has 122 valence electrons. The van der Waals surface area contributed by atoms with Crippen LogP contribution in [0.4, 0.5) is 11.4 Å². The van der Waals surface area contributed by atoms with E-state index in [-0.39, 0.29) is 18.6 Å². The maximum absolute atomic E-state index is 12.1. The number of rotatable bonds is 6. The number of para-hydroxylation sites is 2. The molecule has 0 spiro atoms. The summed E-state index contributed by atoms with van der Waals surface area (Å²) in [6.07, 6.45) is 0.0245. The third-order valence-corrected chi connectivity index (χ3v) is 3.46. The van der Waals surface area contributed by atoms with Crippen molar-refractivity contribution < 1.29 is 9.53 Å². The van der Waals surface area contributed by atoms with Crippen molar-refractivity contribution in [3.05, 3.63) is 52.5 Å². The zero-order valence-electron chi connectivity index (χ0n) is 12.9. The first kappa shape index (κ1) is 17.4. The molecular formula is C17H18Cl2N2O2. The Kier molecular flexibility index (Phi) is 6.13. The molecule has 0 aliphatic carbocycles. The first-order valence-corrected chi connectivity index (χ1v) is 7.96. The largest absolute Gasteiger partial charge is 0.489 e. The van der Waals surface area contributed by atoms with Crippen molar-refractivity contribution in [3.63, 3.8) is 0 Å². The minimum atomic E-state index is -0.208. The van der Waals surface area contributed by atoms with Crippen molar-refractivity contribution in [1.82, 2.24) is 0 Å². The molecule has 0 atom stereocenters. The lowest BCUT2D eigenvalue weighted by molar-refractivity contribution is -0.114. The average Bonchev–Trinajstić information content (AvgIpc) is 2.50. The van der Waals surface area contributed by atoms with Crippen molar-refractivity contribution in [2.24, 2.45) is 0 Å². The number of halogens is 2. The van der Waals surface area contributed by atoms with Crippen LogP contribution >= 0.6 is 23.2 Å². The summed E-state index contributed by atoms with van der Waals surface area (Å²) >= 11 is 12.0. The SMILES string of the molecule is CC(C)Oc1ccccc1NC(=O)CNc1cc(Cl)ccc1Cl. The van der Waals surface area contributed by atoms with Crippen LogP contribution in [0, 0.1) is 0 Å². The standard InChI is InChI=1S/C17H18Cl2N2O2/c1-11(2)23-16-6-4-3-5-14(16)21-17(22)10-20-15-9-12(18)7-8-13(15)19/h3-9,11,20H,10H2,1-2H3,(H,21,22). The molecule has 23 heavy (non-hydrogen) atoms. The highest BCUT2D eigenvalue weighted by Gasteiger charge is 2.09. The van der Waals surface area contributed by atoms with E-state index in [1.54, 1.807) is 24.3 Å². The summed E-state index contributed by atoms with van der Waals surface area (Å²) in [7, 11) is 0. The Hall–Kier alpha value is -1.91. The van der Waals surface area contributed by atoms with Gasteiger partial charge in [-0.05, 0) is 44.2 Å². The third-order valence-electron chi connectivity index (χ3n) is 2.89. The number of ether oxygens (including phenoxy) is 1. The fourth-order valence-corrected chi connectivity index (χ4v) is 2.29. The lowest BCUT2D eigenvalue weighted by Gasteiger charge is -2.15. The molecule has 2 aromatic rings. The van der Waals surface area contributed by atoms with Gasteiger partial charge in [-0.15, -0.1) is 0 Å². The second-order valence-corrected chi connectivity index (χ2v) is 6.03. The number of carbonyl (C=O) groups is 1. The molecule has 0 saturated carbocycles. The Labute approximate surface area is 145 Å². The van der Waals surface area contributed by atoms with Crippen LogP contribution in [0.2, 0.25) is 10.0 Å². The van der Waals surface area contributed by atoms with Crippen LogP contribution in [0.3, 0.4) is 0 Å². The third kappa shape index (κ3) is 5.34. The highest BCUT2D eigenvalue weighted by molar-refractivity contribution is 6.35. The van der Waals surface area contributed by atoms with Gasteiger partial charge in [-0.25, -0.2) is 0 Å². The molecule has 2 N–H and O–H groups in total. The van der Waals surface area contributed by atoms with Crippen LogP contribution in [0.5, 0.6) is 5.75 Å². The molecule has 0 unspecified atom stereocenters. The predicted molar refractivity (Wildman–Crippen MR) is 95.8 cm³/mol. The van der Waals surface area contributed by atoms with Gasteiger partial charge in [-0.3, -0.25) is 4.79 Å². The van der Waals surface area contributed by atoms with Crippen molar-refractivity contribution in [2.45, 2.75) is 20.0 Å². The topological polar surface area (TPSA) is 50.4 Å². The number of hydrogen-bond acceptors (Lipinski definition) is 3. The van der Waals surface area contributed by atoms with Gasteiger partial charge in [-0.1, -0.05) is 35.3 Å². The molecule has 2 aromatic carbocycles. The number of benzene rings is 2. The van der Waals surface area contributed by atoms with Crippen LogP contribution < -0.4 is 15.4 Å². The highest BCUT2D eigenvalue weighted by atomic mass is 35.5. The quantitative estimate of drug-likeness (QED) is 0.782. The second kappa shape index (κ2) is 8.09. The summed E-state index contributed by atoms with van der Waals surface area (Å²) < 4.78 is 5.67. The average molecular weight is 353 g/mol. The Morgan fingerprint density at radius 3 is 2.61 bits per heavy atom. The molecule has 2 rings (SSSR count). The van der Waals surface area contributed by atoms with Gasteiger partial charge >= 0.3 is 0 Å². The van der Waals surface area contributed by atoms with Gasteiger partial charge in [0.25, 0.3) is 0 Å². The Balaban J connectivity index is 1.99. The van der Waals surface area contributed by atoms with Crippen molar-refractivity contribution in [3.8, 4) is 5.75 Å². The fourth-order valence-electron chi connectivity index (χ4n) is 1.93. The highest BCUT2D eigenvalue weighted by Crippen LogP contribution is 2.26. The van der Waals surface area contributed by atoms with Gasteiger partial charge in [0.2, 0.25) is 5.91 Å². The van der Waals surface area contributed by atoms with Gasteiger partial charge < -0.3 is 15.4 Å². The molecule has 0 fully saturated rings. The number of hydrogen-bond donors (Lipinski definition) is 2. The van der Waals surface area contributed by atoms with Crippen LogP contribution in [-0.4, -0.2) is 18.6 Å². The molecule has 0 bridgehead atoms. The maximum atomic E-state index is 12.1. The van der Waals surface area contributed by atoms with E-state index in [4.69, 9.17) is 27.9 Å². The first-order chi connectivity index (χ1) is 11.0. The molecular weight excluding hydrogens is 335 g/mol. The van der Waals surface area contributed by atoms with Crippen molar-refractivity contribution >= 4 is 40.5 Å². The van der Waals surface area contributed by atoms with E-state index in [1.807, 2.05) is 32.0 Å². The van der Waals surface area contributed by atoms with Crippen LogP contribution in [0.25, 0.3) is 0 Å². The normalized spacial score (nSPS) is 10.5. The Morgan fingerprint density at radius 1 is 1.13 bits per heavy atom. The summed E-state index contributed by atoms with van der Waals surface area (Å²) in [5.74, 6) is 0.428. The van der Waals surface area contributed by atoms with Gasteiger partial charge in [0.15, 0.2) is 0 Å². The number of nitrogens with one attached hydrogen (secondary N) is 2. The molecule has 6 heteroatoms. The molecule has 0 aliphatic rings. The maximum Gasteiger partial charge on any atom is 0.243 e. The van der Waals surface area contributed by atoms with Crippen molar-refractivity contribution in [2.75, 3.05) is 17.2 Å². The zero-order valence-corrected chi connectivity index (χ0v) is 14.4. The summed E-state index contributed by atoms with van der Waals surface area (Å²) in [5, 5.41) is 6.84. The lowest BCUT2D eigenvalue weighted by atomic mass is 10.2. The Morgan fingerprint density at radius 2 is 1.87 bits per heavy atom. The fraction of sp³-hybridized carbons (Fsp3) is 0.235. The van der Waals surface area contributed by atoms with E-state index in [2.05, 4.69) is 10.6 Å².